The summed E-state index contributed by atoms with van der Waals surface area (Å²) in [6.07, 6.45) is 2.30. The fraction of sp³-hybridized carbons (Fsp3) is 0.692. The van der Waals surface area contributed by atoms with Crippen molar-refractivity contribution in [2.75, 3.05) is 32.5 Å². The Balaban J connectivity index is 2.42. The maximum absolute atomic E-state index is 5.98. The number of nitrogens with one attached hydrogen (secondary N) is 1. The molecule has 1 heterocycles. The van der Waals surface area contributed by atoms with Gasteiger partial charge in [-0.2, -0.15) is 0 Å². The van der Waals surface area contributed by atoms with Gasteiger partial charge in [0.25, 0.3) is 0 Å². The highest BCUT2D eigenvalue weighted by molar-refractivity contribution is 6.29. The molecule has 18 heavy (non-hydrogen) atoms. The smallest absolute Gasteiger partial charge is 0.135 e. The maximum atomic E-state index is 5.98. The van der Waals surface area contributed by atoms with Gasteiger partial charge in [-0.25, -0.2) is 9.97 Å². The number of hydrogen-bond acceptors (Lipinski definition) is 4. The summed E-state index contributed by atoms with van der Waals surface area (Å²) in [5, 5.41) is 3.80. The van der Waals surface area contributed by atoms with E-state index in [9.17, 15) is 0 Å². The maximum Gasteiger partial charge on any atom is 0.135 e. The minimum atomic E-state index is 0.290. The van der Waals surface area contributed by atoms with Crippen LogP contribution in [0.15, 0.2) is 6.07 Å². The Bertz CT molecular complexity index is 366. The average Bonchev–Trinajstić information content (AvgIpc) is 2.27. The first-order valence-corrected chi connectivity index (χ1v) is 6.80. The Kier molecular flexibility index (Phi) is 6.36. The molecular weight excluding hydrogens is 248 g/mol. The zero-order valence-corrected chi connectivity index (χ0v) is 12.5. The third-order valence-electron chi connectivity index (χ3n) is 2.57. The second kappa shape index (κ2) is 7.54. The molecule has 102 valence electrons. The van der Waals surface area contributed by atoms with Gasteiger partial charge >= 0.3 is 0 Å². The Morgan fingerprint density at radius 3 is 2.61 bits per heavy atom. The first-order chi connectivity index (χ1) is 8.49. The third-order valence-corrected chi connectivity index (χ3v) is 2.76. The Morgan fingerprint density at radius 1 is 1.28 bits per heavy atom. The van der Waals surface area contributed by atoms with E-state index in [0.29, 0.717) is 5.15 Å². The van der Waals surface area contributed by atoms with E-state index in [1.54, 1.807) is 6.07 Å². The van der Waals surface area contributed by atoms with Crippen LogP contribution in [0, 0.1) is 0 Å². The summed E-state index contributed by atoms with van der Waals surface area (Å²) in [7, 11) is 4.18. The minimum Gasteiger partial charge on any atom is -0.370 e. The van der Waals surface area contributed by atoms with Crippen LogP contribution in [-0.2, 0) is 0 Å². The lowest BCUT2D eigenvalue weighted by Gasteiger charge is -2.11. The molecular formula is C13H23ClN4. The van der Waals surface area contributed by atoms with Crippen LogP contribution in [0.3, 0.4) is 0 Å². The molecule has 0 aliphatic rings. The first-order valence-electron chi connectivity index (χ1n) is 6.42. The van der Waals surface area contributed by atoms with Crippen LogP contribution in [-0.4, -0.2) is 42.1 Å². The van der Waals surface area contributed by atoms with Gasteiger partial charge in [0.05, 0.1) is 0 Å². The molecule has 0 aromatic carbocycles. The van der Waals surface area contributed by atoms with Crippen molar-refractivity contribution in [3.8, 4) is 0 Å². The summed E-state index contributed by atoms with van der Waals surface area (Å²) in [5.41, 5.74) is 0. The molecule has 0 saturated carbocycles. The van der Waals surface area contributed by atoms with E-state index in [2.05, 4.69) is 48.1 Å². The molecule has 1 aromatic rings. The fourth-order valence-corrected chi connectivity index (χ4v) is 1.74. The molecule has 0 amide bonds. The van der Waals surface area contributed by atoms with Crippen LogP contribution in [0.2, 0.25) is 5.15 Å². The number of nitrogens with zero attached hydrogens (tertiary/aromatic N) is 3. The lowest BCUT2D eigenvalue weighted by Crippen LogP contribution is -2.14. The van der Waals surface area contributed by atoms with Crippen LogP contribution in [0.1, 0.15) is 38.4 Å². The van der Waals surface area contributed by atoms with Crippen molar-refractivity contribution < 1.29 is 0 Å². The van der Waals surface area contributed by atoms with Crippen molar-refractivity contribution in [3.05, 3.63) is 17.0 Å². The van der Waals surface area contributed by atoms with Crippen LogP contribution >= 0.6 is 11.6 Å². The quantitative estimate of drug-likeness (QED) is 0.611. The Hall–Kier alpha value is -0.870. The average molecular weight is 271 g/mol. The van der Waals surface area contributed by atoms with Crippen molar-refractivity contribution in [1.29, 1.82) is 0 Å². The van der Waals surface area contributed by atoms with Crippen LogP contribution in [0.25, 0.3) is 0 Å². The van der Waals surface area contributed by atoms with Gasteiger partial charge in [-0.3, -0.25) is 0 Å². The molecule has 4 nitrogen and oxygen atoms in total. The molecule has 0 radical (unpaired) electrons. The number of unbranched alkanes of at least 4 members (excludes halogenated alkanes) is 1. The van der Waals surface area contributed by atoms with E-state index < -0.39 is 0 Å². The molecule has 1 aromatic heterocycles. The lowest BCUT2D eigenvalue weighted by atomic mass is 10.2. The van der Waals surface area contributed by atoms with Gasteiger partial charge in [0.1, 0.15) is 16.8 Å². The molecule has 0 aliphatic heterocycles. The van der Waals surface area contributed by atoms with E-state index in [-0.39, 0.29) is 5.92 Å². The summed E-state index contributed by atoms with van der Waals surface area (Å²) < 4.78 is 0. The van der Waals surface area contributed by atoms with Gasteiger partial charge in [-0.05, 0) is 33.5 Å². The molecule has 1 rings (SSSR count). The monoisotopic (exact) mass is 270 g/mol. The van der Waals surface area contributed by atoms with Crippen molar-refractivity contribution in [3.63, 3.8) is 0 Å². The number of rotatable bonds is 7. The topological polar surface area (TPSA) is 41.1 Å². The second-order valence-electron chi connectivity index (χ2n) is 5.03. The molecule has 0 unspecified atom stereocenters. The predicted octanol–water partition coefficient (Wildman–Crippen LogP) is 3.01. The van der Waals surface area contributed by atoms with Gasteiger partial charge in [-0.1, -0.05) is 25.4 Å². The molecule has 1 N–H and O–H groups in total. The summed E-state index contributed by atoms with van der Waals surface area (Å²) in [6, 6.07) is 1.78. The Morgan fingerprint density at radius 2 is 2.00 bits per heavy atom. The summed E-state index contributed by atoms with van der Waals surface area (Å²) in [6.45, 7) is 6.15. The lowest BCUT2D eigenvalue weighted by molar-refractivity contribution is 0.396. The molecule has 0 spiro atoms. The normalized spacial score (nSPS) is 11.3. The molecule has 0 fully saturated rings. The predicted molar refractivity (Wildman–Crippen MR) is 77.4 cm³/mol. The first kappa shape index (κ1) is 15.2. The molecule has 0 saturated heterocycles. The summed E-state index contributed by atoms with van der Waals surface area (Å²) in [5.74, 6) is 1.90. The molecule has 0 aliphatic carbocycles. The summed E-state index contributed by atoms with van der Waals surface area (Å²) in [4.78, 5) is 10.9. The van der Waals surface area contributed by atoms with E-state index in [0.717, 1.165) is 31.2 Å². The van der Waals surface area contributed by atoms with Crippen LogP contribution in [0.4, 0.5) is 5.82 Å². The molecule has 5 heteroatoms. The highest BCUT2D eigenvalue weighted by Crippen LogP contribution is 2.16. The van der Waals surface area contributed by atoms with Gasteiger partial charge < -0.3 is 10.2 Å². The van der Waals surface area contributed by atoms with Crippen molar-refractivity contribution in [2.45, 2.75) is 32.6 Å². The largest absolute Gasteiger partial charge is 0.370 e. The van der Waals surface area contributed by atoms with E-state index in [1.807, 2.05) is 0 Å². The number of anilines is 1. The number of hydrogen-bond donors (Lipinski definition) is 1. The van der Waals surface area contributed by atoms with Crippen LogP contribution in [0.5, 0.6) is 0 Å². The fourth-order valence-electron chi connectivity index (χ4n) is 1.55. The zero-order valence-electron chi connectivity index (χ0n) is 11.7. The van der Waals surface area contributed by atoms with E-state index in [4.69, 9.17) is 11.6 Å². The number of halogens is 1. The second-order valence-corrected chi connectivity index (χ2v) is 5.41. The van der Waals surface area contributed by atoms with E-state index in [1.165, 1.54) is 6.42 Å². The minimum absolute atomic E-state index is 0.290. The highest BCUT2D eigenvalue weighted by atomic mass is 35.5. The van der Waals surface area contributed by atoms with Gasteiger partial charge in [0, 0.05) is 18.5 Å². The van der Waals surface area contributed by atoms with Gasteiger partial charge in [-0.15, -0.1) is 0 Å². The summed E-state index contributed by atoms with van der Waals surface area (Å²) >= 11 is 5.98. The number of aromatic nitrogens is 2. The van der Waals surface area contributed by atoms with Crippen LogP contribution < -0.4 is 5.32 Å². The molecule has 0 atom stereocenters. The van der Waals surface area contributed by atoms with Crippen molar-refractivity contribution >= 4 is 17.4 Å². The zero-order chi connectivity index (χ0) is 13.5. The van der Waals surface area contributed by atoms with Crippen molar-refractivity contribution in [2.24, 2.45) is 0 Å². The van der Waals surface area contributed by atoms with Gasteiger partial charge in [0.2, 0.25) is 0 Å². The SMILES string of the molecule is CC(C)c1nc(Cl)cc(NCCCCN(C)C)n1. The standard InChI is InChI=1S/C13H23ClN4/c1-10(2)13-16-11(14)9-12(17-13)15-7-5-6-8-18(3)4/h9-10H,5-8H2,1-4H3,(H,15,16,17). The van der Waals surface area contributed by atoms with Gasteiger partial charge in [0.15, 0.2) is 0 Å². The van der Waals surface area contributed by atoms with E-state index >= 15 is 0 Å². The molecule has 0 bridgehead atoms. The third kappa shape index (κ3) is 5.65. The Labute approximate surface area is 115 Å². The van der Waals surface area contributed by atoms with Crippen molar-refractivity contribution in [1.82, 2.24) is 14.9 Å². The highest BCUT2D eigenvalue weighted by Gasteiger charge is 2.06.